The van der Waals surface area contributed by atoms with Gasteiger partial charge >= 0.3 is 0 Å². The number of thioether (sulfide) groups is 1. The van der Waals surface area contributed by atoms with Crippen LogP contribution < -0.4 is 5.32 Å². The summed E-state index contributed by atoms with van der Waals surface area (Å²) in [5.74, 6) is -0.159. The van der Waals surface area contributed by atoms with Gasteiger partial charge in [0.05, 0.1) is 17.8 Å². The Hall–Kier alpha value is -1.38. The van der Waals surface area contributed by atoms with Crippen molar-refractivity contribution >= 4 is 35.2 Å². The first-order valence-corrected chi connectivity index (χ1v) is 9.50. The first-order valence-electron chi connectivity index (χ1n) is 7.90. The minimum Gasteiger partial charge on any atom is -0.355 e. The predicted molar refractivity (Wildman–Crippen MR) is 94.5 cm³/mol. The molecule has 132 valence electrons. The van der Waals surface area contributed by atoms with Crippen LogP contribution in [0, 0.1) is 0 Å². The molecule has 0 bridgehead atoms. The minimum absolute atomic E-state index is 0.0279. The van der Waals surface area contributed by atoms with Crippen LogP contribution in [0.5, 0.6) is 0 Å². The number of aromatic nitrogens is 2. The summed E-state index contributed by atoms with van der Waals surface area (Å²) in [6.07, 6.45) is 4.23. The molecular weight excluding hydrogens is 350 g/mol. The van der Waals surface area contributed by atoms with Crippen LogP contribution in [-0.4, -0.2) is 77.1 Å². The van der Waals surface area contributed by atoms with Gasteiger partial charge in [-0.15, -0.1) is 0 Å². The van der Waals surface area contributed by atoms with Crippen LogP contribution in [0.2, 0.25) is 5.02 Å². The second-order valence-corrected chi connectivity index (χ2v) is 6.65. The summed E-state index contributed by atoms with van der Waals surface area (Å²) in [6, 6.07) is 0. The Balaban J connectivity index is 1.90. The predicted octanol–water partition coefficient (Wildman–Crippen LogP) is 1.14. The van der Waals surface area contributed by atoms with E-state index in [1.807, 2.05) is 18.1 Å². The fourth-order valence-electron chi connectivity index (χ4n) is 2.38. The van der Waals surface area contributed by atoms with Gasteiger partial charge in [0, 0.05) is 32.7 Å². The van der Waals surface area contributed by atoms with Gasteiger partial charge in [0.1, 0.15) is 0 Å². The third-order valence-electron chi connectivity index (χ3n) is 3.71. The molecule has 0 aromatic carbocycles. The minimum atomic E-state index is -0.187. The van der Waals surface area contributed by atoms with Crippen molar-refractivity contribution in [1.29, 1.82) is 0 Å². The summed E-state index contributed by atoms with van der Waals surface area (Å²) < 4.78 is 0. The average Bonchev–Trinajstić information content (AvgIpc) is 2.60. The topological polar surface area (TPSA) is 78.4 Å². The lowest BCUT2D eigenvalue weighted by atomic mass is 10.2. The molecular formula is C15H22ClN5O2S. The number of carbonyl (C=O) groups excluding carboxylic acids is 2. The highest BCUT2D eigenvalue weighted by atomic mass is 35.5. The molecule has 2 rings (SSSR count). The second-order valence-electron chi connectivity index (χ2n) is 5.47. The Morgan fingerprint density at radius 3 is 2.67 bits per heavy atom. The zero-order valence-electron chi connectivity index (χ0n) is 13.9. The van der Waals surface area contributed by atoms with Crippen molar-refractivity contribution in [1.82, 2.24) is 25.1 Å². The average molecular weight is 372 g/mol. The maximum atomic E-state index is 12.6. The smallest absolute Gasteiger partial charge is 0.274 e. The van der Waals surface area contributed by atoms with E-state index >= 15 is 0 Å². The molecule has 1 saturated heterocycles. The van der Waals surface area contributed by atoms with Gasteiger partial charge in [-0.3, -0.25) is 14.5 Å². The van der Waals surface area contributed by atoms with Gasteiger partial charge in [0.25, 0.3) is 5.91 Å². The molecule has 1 N–H and O–H groups in total. The Labute approximate surface area is 151 Å². The van der Waals surface area contributed by atoms with E-state index in [2.05, 4.69) is 15.3 Å². The number of piperazine rings is 1. The van der Waals surface area contributed by atoms with Crippen molar-refractivity contribution in [3.05, 3.63) is 16.9 Å². The number of hydrogen-bond acceptors (Lipinski definition) is 6. The molecule has 0 aliphatic carbocycles. The van der Waals surface area contributed by atoms with Gasteiger partial charge in [-0.1, -0.05) is 30.3 Å². The van der Waals surface area contributed by atoms with Crippen molar-refractivity contribution in [2.45, 2.75) is 18.5 Å². The highest BCUT2D eigenvalue weighted by Gasteiger charge is 2.25. The Bertz CT molecular complexity index is 593. The van der Waals surface area contributed by atoms with Gasteiger partial charge < -0.3 is 10.2 Å². The Morgan fingerprint density at radius 1 is 1.33 bits per heavy atom. The summed E-state index contributed by atoms with van der Waals surface area (Å²) >= 11 is 7.43. The number of rotatable bonds is 6. The molecule has 1 aliphatic rings. The van der Waals surface area contributed by atoms with Gasteiger partial charge in [0.2, 0.25) is 5.91 Å². The van der Waals surface area contributed by atoms with E-state index in [1.165, 1.54) is 18.0 Å². The molecule has 0 spiro atoms. The van der Waals surface area contributed by atoms with Gasteiger partial charge in [-0.05, 0) is 12.7 Å². The third kappa shape index (κ3) is 5.06. The summed E-state index contributed by atoms with van der Waals surface area (Å²) in [6.45, 7) is 5.50. The SMILES string of the molecule is CCCNC(=O)CN1CCN(C(=O)c2nc(SC)ncc2Cl)CC1. The van der Waals surface area contributed by atoms with Crippen molar-refractivity contribution in [2.24, 2.45) is 0 Å². The lowest BCUT2D eigenvalue weighted by molar-refractivity contribution is -0.122. The molecule has 2 heterocycles. The van der Waals surface area contributed by atoms with Crippen molar-refractivity contribution < 1.29 is 9.59 Å². The maximum Gasteiger partial charge on any atom is 0.274 e. The molecule has 2 amide bonds. The standard InChI is InChI=1S/C15H22ClN5O2S/c1-3-4-17-12(22)10-20-5-7-21(8-6-20)14(23)13-11(16)9-18-15(19-13)24-2/h9H,3-8,10H2,1-2H3,(H,17,22). The lowest BCUT2D eigenvalue weighted by Gasteiger charge is -2.34. The van der Waals surface area contributed by atoms with E-state index in [0.29, 0.717) is 44.4 Å². The van der Waals surface area contributed by atoms with Crippen LogP contribution in [0.1, 0.15) is 23.8 Å². The zero-order valence-corrected chi connectivity index (χ0v) is 15.5. The molecule has 24 heavy (non-hydrogen) atoms. The van der Waals surface area contributed by atoms with E-state index in [-0.39, 0.29) is 22.5 Å². The highest BCUT2D eigenvalue weighted by Crippen LogP contribution is 2.19. The molecule has 9 heteroatoms. The summed E-state index contributed by atoms with van der Waals surface area (Å²) in [7, 11) is 0. The summed E-state index contributed by atoms with van der Waals surface area (Å²) in [4.78, 5) is 36.4. The Kier molecular flexibility index (Phi) is 7.26. The monoisotopic (exact) mass is 371 g/mol. The number of hydrogen-bond donors (Lipinski definition) is 1. The third-order valence-corrected chi connectivity index (χ3v) is 4.54. The number of amides is 2. The second kappa shape index (κ2) is 9.19. The summed E-state index contributed by atoms with van der Waals surface area (Å²) in [5, 5.41) is 3.65. The Morgan fingerprint density at radius 2 is 2.04 bits per heavy atom. The highest BCUT2D eigenvalue weighted by molar-refractivity contribution is 7.98. The number of nitrogens with one attached hydrogen (secondary N) is 1. The maximum absolute atomic E-state index is 12.6. The van der Waals surface area contributed by atoms with E-state index in [9.17, 15) is 9.59 Å². The molecule has 1 aromatic rings. The molecule has 7 nitrogen and oxygen atoms in total. The number of halogens is 1. The van der Waals surface area contributed by atoms with Crippen LogP contribution in [0.25, 0.3) is 0 Å². The summed E-state index contributed by atoms with van der Waals surface area (Å²) in [5.41, 5.74) is 0.241. The molecule has 0 saturated carbocycles. The normalized spacial score (nSPS) is 15.4. The fourth-order valence-corrected chi connectivity index (χ4v) is 2.89. The van der Waals surface area contributed by atoms with Crippen molar-refractivity contribution in [2.75, 3.05) is 45.5 Å². The van der Waals surface area contributed by atoms with Gasteiger partial charge in [0.15, 0.2) is 10.9 Å². The van der Waals surface area contributed by atoms with Crippen LogP contribution in [0.15, 0.2) is 11.4 Å². The molecule has 0 radical (unpaired) electrons. The lowest BCUT2D eigenvalue weighted by Crippen LogP contribution is -2.51. The van der Waals surface area contributed by atoms with Crippen LogP contribution in [0.4, 0.5) is 0 Å². The van der Waals surface area contributed by atoms with Gasteiger partial charge in [-0.2, -0.15) is 0 Å². The molecule has 1 aliphatic heterocycles. The number of carbonyl (C=O) groups is 2. The largest absolute Gasteiger partial charge is 0.355 e. The fraction of sp³-hybridized carbons (Fsp3) is 0.600. The van der Waals surface area contributed by atoms with Crippen LogP contribution in [-0.2, 0) is 4.79 Å². The van der Waals surface area contributed by atoms with E-state index in [1.54, 1.807) is 4.90 Å². The number of nitrogens with zero attached hydrogens (tertiary/aromatic N) is 4. The molecule has 0 atom stereocenters. The first-order chi connectivity index (χ1) is 11.5. The van der Waals surface area contributed by atoms with Crippen LogP contribution in [0.3, 0.4) is 0 Å². The van der Waals surface area contributed by atoms with Gasteiger partial charge in [-0.25, -0.2) is 9.97 Å². The first kappa shape index (κ1) is 19.0. The molecule has 0 unspecified atom stereocenters. The van der Waals surface area contributed by atoms with Crippen molar-refractivity contribution in [3.8, 4) is 0 Å². The van der Waals surface area contributed by atoms with E-state index < -0.39 is 0 Å². The molecule has 1 aromatic heterocycles. The van der Waals surface area contributed by atoms with Crippen molar-refractivity contribution in [3.63, 3.8) is 0 Å². The van der Waals surface area contributed by atoms with Crippen LogP contribution >= 0.6 is 23.4 Å². The molecule has 1 fully saturated rings. The van der Waals surface area contributed by atoms with E-state index in [0.717, 1.165) is 6.42 Å². The quantitative estimate of drug-likeness (QED) is 0.596. The van der Waals surface area contributed by atoms with E-state index in [4.69, 9.17) is 11.6 Å². The zero-order chi connectivity index (χ0) is 17.5.